The fourth-order valence-electron chi connectivity index (χ4n) is 2.14. The van der Waals surface area contributed by atoms with Crippen molar-refractivity contribution in [3.63, 3.8) is 0 Å². The molecule has 2 aromatic rings. The number of carbonyl (C=O) groups is 2. The second kappa shape index (κ2) is 4.36. The van der Waals surface area contributed by atoms with E-state index in [-0.39, 0.29) is 32.3 Å². The molecule has 2 nitrogen and oxygen atoms in total. The maximum atomic E-state index is 13.4. The summed E-state index contributed by atoms with van der Waals surface area (Å²) in [5.41, 5.74) is -0.301. The lowest BCUT2D eigenvalue weighted by Crippen LogP contribution is -2.21. The molecule has 0 saturated carbocycles. The average Bonchev–Trinajstić information content (AvgIpc) is 2.41. The van der Waals surface area contributed by atoms with Gasteiger partial charge >= 0.3 is 0 Å². The van der Waals surface area contributed by atoms with Gasteiger partial charge in [0.25, 0.3) is 0 Å². The summed E-state index contributed by atoms with van der Waals surface area (Å²) in [6.07, 6.45) is 0. The Kier molecular flexibility index (Phi) is 2.88. The summed E-state index contributed by atoms with van der Waals surface area (Å²) in [6.45, 7) is 0. The van der Waals surface area contributed by atoms with Gasteiger partial charge in [-0.3, -0.25) is 9.59 Å². The van der Waals surface area contributed by atoms with E-state index < -0.39 is 23.2 Å². The highest BCUT2D eigenvalue weighted by Crippen LogP contribution is 2.32. The largest absolute Gasteiger partial charge is 0.289 e. The lowest BCUT2D eigenvalue weighted by Gasteiger charge is -2.18. The first-order valence-corrected chi connectivity index (χ1v) is 6.23. The van der Waals surface area contributed by atoms with Gasteiger partial charge in [-0.05, 0) is 24.3 Å². The molecule has 3 rings (SSSR count). The molecule has 20 heavy (non-hydrogen) atoms. The third-order valence-corrected chi connectivity index (χ3v) is 3.68. The third kappa shape index (κ3) is 1.76. The van der Waals surface area contributed by atoms with Crippen LogP contribution in [0.3, 0.4) is 0 Å². The first-order valence-electron chi connectivity index (χ1n) is 5.47. The highest BCUT2D eigenvalue weighted by Gasteiger charge is 2.32. The van der Waals surface area contributed by atoms with E-state index in [1.54, 1.807) is 0 Å². The molecule has 0 radical (unpaired) electrons. The number of carbonyl (C=O) groups excluding carboxylic acids is 2. The predicted molar refractivity (Wildman–Crippen MR) is 69.7 cm³/mol. The monoisotopic (exact) mass is 312 g/mol. The van der Waals surface area contributed by atoms with Crippen molar-refractivity contribution in [3.8, 4) is 0 Å². The van der Waals surface area contributed by atoms with Crippen molar-refractivity contribution in [3.05, 3.63) is 68.2 Å². The van der Waals surface area contributed by atoms with Crippen molar-refractivity contribution in [1.29, 1.82) is 0 Å². The van der Waals surface area contributed by atoms with Crippen LogP contribution in [0, 0.1) is 11.6 Å². The fourth-order valence-corrected chi connectivity index (χ4v) is 2.46. The highest BCUT2D eigenvalue weighted by molar-refractivity contribution is 6.35. The molecule has 0 atom stereocenters. The minimum atomic E-state index is -0.815. The minimum absolute atomic E-state index is 0.0171. The number of hydrogen-bond acceptors (Lipinski definition) is 2. The summed E-state index contributed by atoms with van der Waals surface area (Å²) < 4.78 is 26.9. The summed E-state index contributed by atoms with van der Waals surface area (Å²) in [6, 6.07) is 3.94. The maximum Gasteiger partial charge on any atom is 0.194 e. The van der Waals surface area contributed by atoms with Gasteiger partial charge in [-0.1, -0.05) is 23.2 Å². The van der Waals surface area contributed by atoms with Crippen LogP contribution in [0.15, 0.2) is 24.3 Å². The van der Waals surface area contributed by atoms with E-state index in [0.29, 0.717) is 0 Å². The highest BCUT2D eigenvalue weighted by atomic mass is 35.5. The van der Waals surface area contributed by atoms with Gasteiger partial charge in [0.2, 0.25) is 0 Å². The van der Waals surface area contributed by atoms with Crippen LogP contribution >= 0.6 is 23.2 Å². The summed E-state index contributed by atoms with van der Waals surface area (Å²) in [4.78, 5) is 24.5. The van der Waals surface area contributed by atoms with Crippen molar-refractivity contribution in [2.24, 2.45) is 0 Å². The van der Waals surface area contributed by atoms with E-state index in [0.717, 1.165) is 24.3 Å². The molecule has 100 valence electrons. The van der Waals surface area contributed by atoms with Gasteiger partial charge in [-0.2, -0.15) is 0 Å². The Balaban J connectivity index is 2.33. The van der Waals surface area contributed by atoms with Gasteiger partial charge < -0.3 is 0 Å². The molecule has 0 aliphatic heterocycles. The summed E-state index contributed by atoms with van der Waals surface area (Å²) in [5, 5.41) is -0.525. The second-order valence-electron chi connectivity index (χ2n) is 4.28. The molecule has 6 heteroatoms. The van der Waals surface area contributed by atoms with Crippen LogP contribution in [0.2, 0.25) is 10.0 Å². The van der Waals surface area contributed by atoms with Crippen LogP contribution < -0.4 is 0 Å². The van der Waals surface area contributed by atoms with Gasteiger partial charge in [0.15, 0.2) is 11.6 Å². The third-order valence-electron chi connectivity index (χ3n) is 3.10. The zero-order valence-electron chi connectivity index (χ0n) is 9.64. The first kappa shape index (κ1) is 13.2. The Hall–Kier alpha value is -1.78. The van der Waals surface area contributed by atoms with Crippen LogP contribution in [0.25, 0.3) is 0 Å². The molecule has 0 heterocycles. The smallest absolute Gasteiger partial charge is 0.194 e. The normalized spacial score (nSPS) is 13.2. The molecular weight excluding hydrogens is 309 g/mol. The van der Waals surface area contributed by atoms with Gasteiger partial charge in [0, 0.05) is 22.3 Å². The average molecular weight is 313 g/mol. The molecule has 0 unspecified atom stereocenters. The van der Waals surface area contributed by atoms with E-state index in [9.17, 15) is 18.4 Å². The molecule has 0 N–H and O–H groups in total. The molecular formula is C14H4Cl2F2O2. The first-order chi connectivity index (χ1) is 9.40. The Bertz CT molecular complexity index is 671. The standard InChI is InChI=1S/C14H4Cl2F2O2/c15-9-1-5-7(3-11(9)17)14(20)8-4-12(18)10(16)2-6(8)13(5)19/h1-4H. The van der Waals surface area contributed by atoms with Crippen molar-refractivity contribution in [2.45, 2.75) is 0 Å². The molecule has 0 bridgehead atoms. The van der Waals surface area contributed by atoms with Crippen LogP contribution in [0.1, 0.15) is 31.8 Å². The molecule has 2 aromatic carbocycles. The molecule has 1 aliphatic carbocycles. The molecule has 0 aromatic heterocycles. The second-order valence-corrected chi connectivity index (χ2v) is 5.10. The number of benzene rings is 2. The maximum absolute atomic E-state index is 13.4. The van der Waals surface area contributed by atoms with E-state index in [4.69, 9.17) is 23.2 Å². The summed E-state index contributed by atoms with van der Waals surface area (Å²) in [7, 11) is 0. The van der Waals surface area contributed by atoms with Crippen molar-refractivity contribution in [2.75, 3.05) is 0 Å². The van der Waals surface area contributed by atoms with Crippen LogP contribution in [-0.2, 0) is 0 Å². The predicted octanol–water partition coefficient (Wildman–Crippen LogP) is 4.05. The molecule has 0 spiro atoms. The molecule has 0 saturated heterocycles. The van der Waals surface area contributed by atoms with E-state index >= 15 is 0 Å². The van der Waals surface area contributed by atoms with Crippen molar-refractivity contribution in [1.82, 2.24) is 0 Å². The van der Waals surface area contributed by atoms with Crippen molar-refractivity contribution < 1.29 is 18.4 Å². The number of rotatable bonds is 0. The Labute approximate surface area is 121 Å². The molecule has 0 amide bonds. The molecule has 0 fully saturated rings. The van der Waals surface area contributed by atoms with Crippen LogP contribution in [-0.4, -0.2) is 11.6 Å². The van der Waals surface area contributed by atoms with Gasteiger partial charge in [0.1, 0.15) is 11.6 Å². The lowest BCUT2D eigenvalue weighted by atomic mass is 9.84. The number of fused-ring (bicyclic) bond motifs is 2. The van der Waals surface area contributed by atoms with E-state index in [1.807, 2.05) is 0 Å². The number of hydrogen-bond donors (Lipinski definition) is 0. The summed E-state index contributed by atoms with van der Waals surface area (Å²) >= 11 is 11.2. The SMILES string of the molecule is O=C1c2cc(F)c(Cl)cc2C(=O)c2cc(Cl)c(F)cc21. The van der Waals surface area contributed by atoms with Crippen LogP contribution in [0.5, 0.6) is 0 Å². The van der Waals surface area contributed by atoms with E-state index in [1.165, 1.54) is 0 Å². The van der Waals surface area contributed by atoms with E-state index in [2.05, 4.69) is 0 Å². The van der Waals surface area contributed by atoms with Crippen LogP contribution in [0.4, 0.5) is 8.78 Å². The lowest BCUT2D eigenvalue weighted by molar-refractivity contribution is 0.0978. The van der Waals surface area contributed by atoms with Gasteiger partial charge in [0.05, 0.1) is 10.0 Å². The van der Waals surface area contributed by atoms with Gasteiger partial charge in [-0.25, -0.2) is 8.78 Å². The Morgan fingerprint density at radius 2 is 0.950 bits per heavy atom. The van der Waals surface area contributed by atoms with Gasteiger partial charge in [-0.15, -0.1) is 0 Å². The van der Waals surface area contributed by atoms with Crippen molar-refractivity contribution >= 4 is 34.8 Å². The quantitative estimate of drug-likeness (QED) is 0.627. The number of ketones is 2. The summed E-state index contributed by atoms with van der Waals surface area (Å²) in [5.74, 6) is -2.81. The zero-order chi connectivity index (χ0) is 14.6. The molecule has 1 aliphatic rings. The number of halogens is 4. The topological polar surface area (TPSA) is 34.1 Å². The Morgan fingerprint density at radius 1 is 0.650 bits per heavy atom. The fraction of sp³-hybridized carbons (Fsp3) is 0. The Morgan fingerprint density at radius 3 is 1.30 bits per heavy atom. The minimum Gasteiger partial charge on any atom is -0.289 e. The zero-order valence-corrected chi connectivity index (χ0v) is 11.1.